The van der Waals surface area contributed by atoms with E-state index in [1.165, 1.54) is 0 Å². The van der Waals surface area contributed by atoms with Crippen LogP contribution in [-0.4, -0.2) is 138 Å². The fourth-order valence-corrected chi connectivity index (χ4v) is 5.37. The Hall–Kier alpha value is -3.53. The molecule has 2 saturated heterocycles. The number of carbonyl (C=O) groups excluding carboxylic acids is 6. The van der Waals surface area contributed by atoms with E-state index in [1.807, 2.05) is 0 Å². The first-order chi connectivity index (χ1) is 25.0. The number of aliphatic hydroxyl groups is 2. The largest absolute Gasteiger partial charge is 0.467 e. The number of methoxy groups -OCH3 is 1. The third-order valence-electron chi connectivity index (χ3n) is 7.40. The highest BCUT2D eigenvalue weighted by atomic mass is 35.6. The van der Waals surface area contributed by atoms with Gasteiger partial charge in [-0.3, -0.25) is 19.2 Å². The highest BCUT2D eigenvalue weighted by Gasteiger charge is 2.58. The number of hydrogen-bond acceptors (Lipinski definition) is 17. The van der Waals surface area contributed by atoms with Crippen LogP contribution in [0.4, 0.5) is 4.79 Å². The summed E-state index contributed by atoms with van der Waals surface area (Å²) in [5, 5.41) is 26.2. The minimum Gasteiger partial charge on any atom is -0.467 e. The van der Waals surface area contributed by atoms with Gasteiger partial charge in [0, 0.05) is 27.3 Å². The fraction of sp³-hybridized carbons (Fsp3) is 0.613. The summed E-state index contributed by atoms with van der Waals surface area (Å²) in [6, 6.07) is 7.19. The molecule has 0 unspecified atom stereocenters. The molecule has 2 heterocycles. The van der Waals surface area contributed by atoms with E-state index in [1.54, 1.807) is 30.3 Å². The number of ether oxygens (including phenoxy) is 9. The summed E-state index contributed by atoms with van der Waals surface area (Å²) in [5.74, 6) is -5.33. The van der Waals surface area contributed by atoms with Crippen LogP contribution in [0.1, 0.15) is 26.3 Å². The van der Waals surface area contributed by atoms with E-state index in [2.05, 4.69) is 10.6 Å². The number of aliphatic hydroxyl groups excluding tert-OH is 2. The van der Waals surface area contributed by atoms with Crippen molar-refractivity contribution < 1.29 is 81.6 Å². The summed E-state index contributed by atoms with van der Waals surface area (Å²) < 4.78 is 46.6. The summed E-state index contributed by atoms with van der Waals surface area (Å²) in [7, 11) is 0.974. The Labute approximate surface area is 317 Å². The Balaban J connectivity index is 1.94. The van der Waals surface area contributed by atoms with Gasteiger partial charge < -0.3 is 63.5 Å². The fourth-order valence-electron chi connectivity index (χ4n) is 5.21. The van der Waals surface area contributed by atoms with Gasteiger partial charge in [-0.2, -0.15) is 0 Å². The van der Waals surface area contributed by atoms with Crippen LogP contribution in [0.25, 0.3) is 0 Å². The molecular formula is C31H39Cl3N2O17. The second-order valence-corrected chi connectivity index (χ2v) is 13.6. The maximum atomic E-state index is 12.9. The summed E-state index contributed by atoms with van der Waals surface area (Å²) in [6.45, 7) is 1.55. The summed E-state index contributed by atoms with van der Waals surface area (Å²) >= 11 is 17.4. The number of nitrogens with one attached hydrogen (secondary N) is 2. The number of halogens is 3. The minimum absolute atomic E-state index is 0.0200. The monoisotopic (exact) mass is 816 g/mol. The van der Waals surface area contributed by atoms with E-state index in [-0.39, 0.29) is 19.8 Å². The van der Waals surface area contributed by atoms with Crippen molar-refractivity contribution in [1.29, 1.82) is 0 Å². The van der Waals surface area contributed by atoms with Crippen molar-refractivity contribution in [3.63, 3.8) is 0 Å². The van der Waals surface area contributed by atoms with E-state index in [4.69, 9.17) is 77.4 Å². The SMILES string of the molecule is COC(=O)[C@H]1O[C@@H](O[C@H]2[C@@H](O)[C@@H](CO)O[C@@H](OCCNC(=O)OCc3ccccc3)[C@@H]2NC(=O)C(Cl)(Cl)Cl)[C@H](OC(C)=O)[C@@H](OC(C)=O)[C@@H]1OC(C)=O. The molecule has 1 aromatic carbocycles. The van der Waals surface area contributed by atoms with Crippen molar-refractivity contribution in [2.24, 2.45) is 0 Å². The Morgan fingerprint density at radius 1 is 0.849 bits per heavy atom. The van der Waals surface area contributed by atoms with Gasteiger partial charge in [0.05, 0.1) is 20.3 Å². The van der Waals surface area contributed by atoms with Crippen LogP contribution >= 0.6 is 34.8 Å². The zero-order valence-corrected chi connectivity index (χ0v) is 30.9. The van der Waals surface area contributed by atoms with Gasteiger partial charge in [0.2, 0.25) is 0 Å². The number of hydrogen-bond donors (Lipinski definition) is 4. The van der Waals surface area contributed by atoms with Crippen LogP contribution in [-0.2, 0) is 73.2 Å². The Bertz CT molecular complexity index is 1430. The lowest BCUT2D eigenvalue weighted by molar-refractivity contribution is -0.342. The zero-order valence-electron chi connectivity index (χ0n) is 28.6. The Morgan fingerprint density at radius 3 is 2.02 bits per heavy atom. The molecule has 0 aromatic heterocycles. The number of amides is 2. The van der Waals surface area contributed by atoms with Crippen LogP contribution in [0.5, 0.6) is 0 Å². The maximum Gasteiger partial charge on any atom is 0.407 e. The molecule has 10 atom stereocenters. The van der Waals surface area contributed by atoms with Crippen LogP contribution in [0.3, 0.4) is 0 Å². The van der Waals surface area contributed by atoms with Gasteiger partial charge >= 0.3 is 30.0 Å². The van der Waals surface area contributed by atoms with E-state index in [0.717, 1.165) is 33.4 Å². The predicted molar refractivity (Wildman–Crippen MR) is 177 cm³/mol. The lowest BCUT2D eigenvalue weighted by atomic mass is 9.95. The molecule has 3 rings (SSSR count). The normalized spacial score (nSPS) is 28.5. The lowest BCUT2D eigenvalue weighted by Gasteiger charge is -2.48. The molecule has 22 heteroatoms. The molecule has 0 bridgehead atoms. The summed E-state index contributed by atoms with van der Waals surface area (Å²) in [5.41, 5.74) is 0.735. The number of alkyl halides is 3. The molecule has 2 aliphatic rings. The molecule has 53 heavy (non-hydrogen) atoms. The summed E-state index contributed by atoms with van der Waals surface area (Å²) in [4.78, 5) is 74.6. The average molecular weight is 818 g/mol. The molecule has 2 fully saturated rings. The van der Waals surface area contributed by atoms with E-state index in [9.17, 15) is 39.0 Å². The number of benzene rings is 1. The molecule has 0 spiro atoms. The number of alkyl carbamates (subject to hydrolysis) is 1. The number of rotatable bonds is 14. The first-order valence-electron chi connectivity index (χ1n) is 15.7. The first-order valence-corrected chi connectivity index (χ1v) is 16.9. The Morgan fingerprint density at radius 2 is 1.45 bits per heavy atom. The van der Waals surface area contributed by atoms with Crippen molar-refractivity contribution in [2.75, 3.05) is 26.9 Å². The van der Waals surface area contributed by atoms with Crippen molar-refractivity contribution in [3.8, 4) is 0 Å². The third kappa shape index (κ3) is 12.8. The number of carbonyl (C=O) groups is 6. The topological polar surface area (TPSA) is 250 Å². The van der Waals surface area contributed by atoms with E-state index >= 15 is 0 Å². The van der Waals surface area contributed by atoms with Crippen molar-refractivity contribution in [3.05, 3.63) is 35.9 Å². The lowest BCUT2D eigenvalue weighted by Crippen LogP contribution is -2.69. The van der Waals surface area contributed by atoms with Crippen LogP contribution in [0, 0.1) is 0 Å². The van der Waals surface area contributed by atoms with E-state index < -0.39 is 108 Å². The predicted octanol–water partition coefficient (Wildman–Crippen LogP) is -0.0593. The average Bonchev–Trinajstić information content (AvgIpc) is 3.09. The molecule has 19 nitrogen and oxygen atoms in total. The molecule has 4 N–H and O–H groups in total. The molecule has 0 saturated carbocycles. The first kappa shape index (κ1) is 43.9. The van der Waals surface area contributed by atoms with Gasteiger partial charge in [-0.05, 0) is 5.56 Å². The van der Waals surface area contributed by atoms with Crippen LogP contribution in [0.2, 0.25) is 0 Å². The Kier molecular flexibility index (Phi) is 16.7. The van der Waals surface area contributed by atoms with Crippen LogP contribution in [0.15, 0.2) is 30.3 Å². The minimum atomic E-state index is -2.59. The van der Waals surface area contributed by atoms with Crippen molar-refractivity contribution in [1.82, 2.24) is 10.6 Å². The molecule has 1 aromatic rings. The van der Waals surface area contributed by atoms with Crippen LogP contribution < -0.4 is 10.6 Å². The van der Waals surface area contributed by atoms with Gasteiger partial charge in [0.25, 0.3) is 9.70 Å². The highest BCUT2D eigenvalue weighted by Crippen LogP contribution is 2.35. The van der Waals surface area contributed by atoms with Gasteiger partial charge in [-0.1, -0.05) is 65.1 Å². The molecule has 0 aliphatic carbocycles. The smallest absolute Gasteiger partial charge is 0.407 e. The highest BCUT2D eigenvalue weighted by molar-refractivity contribution is 6.76. The molecule has 0 radical (unpaired) electrons. The molecule has 2 amide bonds. The standard InChI is InChI=1S/C31H39Cl3N2O17/c1-14(38)48-22-23(49-15(2)39)25(50-16(3)40)28(53-24(22)26(42)45-4)52-21-19(36-29(43)31(32,33)34)27(51-18(12-37)20(21)41)46-11-10-35-30(44)47-13-17-8-6-5-7-9-17/h5-9,18-25,27-28,37,41H,10-13H2,1-4H3,(H,35,44)(H,36,43)/t18-,19-,20+,21-,22+,23+,24+,25-,27-,28-/m1/s1. The molecule has 296 valence electrons. The molecular weight excluding hydrogens is 779 g/mol. The second-order valence-electron chi connectivity index (χ2n) is 11.3. The maximum absolute atomic E-state index is 12.9. The van der Waals surface area contributed by atoms with Gasteiger partial charge in [0.1, 0.15) is 31.0 Å². The van der Waals surface area contributed by atoms with Gasteiger partial charge in [-0.15, -0.1) is 0 Å². The van der Waals surface area contributed by atoms with Gasteiger partial charge in [-0.25, -0.2) is 9.59 Å². The molecule has 2 aliphatic heterocycles. The van der Waals surface area contributed by atoms with Crippen molar-refractivity contribution in [2.45, 2.75) is 92.5 Å². The summed E-state index contributed by atoms with van der Waals surface area (Å²) in [6.07, 6.45) is -16.8. The zero-order chi connectivity index (χ0) is 39.5. The van der Waals surface area contributed by atoms with E-state index in [0.29, 0.717) is 0 Å². The second kappa shape index (κ2) is 20.2. The third-order valence-corrected chi connectivity index (χ3v) is 7.92. The van der Waals surface area contributed by atoms with Gasteiger partial charge in [0.15, 0.2) is 37.0 Å². The van der Waals surface area contributed by atoms with Crippen molar-refractivity contribution >= 4 is 70.7 Å². The quantitative estimate of drug-likeness (QED) is 0.0831. The number of esters is 4.